The lowest BCUT2D eigenvalue weighted by Gasteiger charge is -2.17. The van der Waals surface area contributed by atoms with Crippen LogP contribution < -0.4 is 11.2 Å². The van der Waals surface area contributed by atoms with Crippen molar-refractivity contribution in [2.45, 2.75) is 31.4 Å². The summed E-state index contributed by atoms with van der Waals surface area (Å²) in [7, 11) is 1.84. The molecule has 2 atom stereocenters. The van der Waals surface area contributed by atoms with Crippen LogP contribution in [0.4, 0.5) is 0 Å². The van der Waals surface area contributed by atoms with Crippen LogP contribution in [-0.2, 0) is 14.4 Å². The Morgan fingerprint density at radius 2 is 2.17 bits per heavy atom. The van der Waals surface area contributed by atoms with Gasteiger partial charge in [0, 0.05) is 13.6 Å². The molecule has 1 aromatic rings. The first-order valence-corrected chi connectivity index (χ1v) is 7.71. The molecular formula is C16H22N4O4. The van der Waals surface area contributed by atoms with E-state index < -0.39 is 5.97 Å². The number of nitrogens with two attached hydrogens (primary N) is 1. The van der Waals surface area contributed by atoms with Crippen molar-refractivity contribution < 1.29 is 19.5 Å². The van der Waals surface area contributed by atoms with Crippen LogP contribution in [0.25, 0.3) is 0 Å². The molecule has 0 saturated carbocycles. The highest BCUT2D eigenvalue weighted by Gasteiger charge is 2.33. The molecule has 1 fully saturated rings. The third-order valence-corrected chi connectivity index (χ3v) is 3.86. The van der Waals surface area contributed by atoms with Gasteiger partial charge in [-0.15, -0.1) is 0 Å². The van der Waals surface area contributed by atoms with Gasteiger partial charge < -0.3 is 16.3 Å². The summed E-state index contributed by atoms with van der Waals surface area (Å²) in [5, 5.41) is 16.4. The van der Waals surface area contributed by atoms with Crippen molar-refractivity contribution in [3.63, 3.8) is 0 Å². The third-order valence-electron chi connectivity index (χ3n) is 3.86. The van der Waals surface area contributed by atoms with E-state index in [1.54, 1.807) is 11.3 Å². The number of benzene rings is 1. The average Bonchev–Trinajstić information content (AvgIpc) is 2.88. The molecular weight excluding hydrogens is 312 g/mol. The summed E-state index contributed by atoms with van der Waals surface area (Å²) in [4.78, 5) is 28.0. The highest BCUT2D eigenvalue weighted by molar-refractivity contribution is 5.79. The maximum Gasteiger partial charge on any atom is 0.305 e. The van der Waals surface area contributed by atoms with Gasteiger partial charge in [0.2, 0.25) is 5.91 Å². The quantitative estimate of drug-likeness (QED) is 0.383. The maximum atomic E-state index is 11.8. The van der Waals surface area contributed by atoms with E-state index in [0.29, 0.717) is 6.42 Å². The van der Waals surface area contributed by atoms with Gasteiger partial charge in [0.05, 0.1) is 31.2 Å². The summed E-state index contributed by atoms with van der Waals surface area (Å²) in [5.74, 6) is 3.99. The molecule has 1 aromatic carbocycles. The van der Waals surface area contributed by atoms with Gasteiger partial charge in [0.1, 0.15) is 0 Å². The lowest BCUT2D eigenvalue weighted by molar-refractivity contribution is -0.151. The van der Waals surface area contributed by atoms with Crippen molar-refractivity contribution in [3.8, 4) is 0 Å². The first-order valence-electron chi connectivity index (χ1n) is 7.71. The molecule has 0 unspecified atom stereocenters. The minimum Gasteiger partial charge on any atom is -0.481 e. The topological polar surface area (TPSA) is 117 Å². The summed E-state index contributed by atoms with van der Waals surface area (Å²) in [5.41, 5.74) is 2.00. The van der Waals surface area contributed by atoms with Crippen LogP contribution in [-0.4, -0.2) is 48.0 Å². The molecule has 1 aliphatic rings. The molecule has 8 heteroatoms. The molecule has 4 N–H and O–H groups in total. The zero-order valence-electron chi connectivity index (χ0n) is 13.5. The molecule has 130 valence electrons. The molecule has 8 nitrogen and oxygen atoms in total. The van der Waals surface area contributed by atoms with Gasteiger partial charge in [-0.3, -0.25) is 14.4 Å². The van der Waals surface area contributed by atoms with Crippen LogP contribution in [0.15, 0.2) is 29.4 Å². The van der Waals surface area contributed by atoms with Crippen molar-refractivity contribution in [2.75, 3.05) is 13.6 Å². The molecule has 1 saturated heterocycles. The monoisotopic (exact) mass is 334 g/mol. The second kappa shape index (κ2) is 8.42. The fraction of sp³-hybridized carbons (Fsp3) is 0.438. The van der Waals surface area contributed by atoms with Crippen molar-refractivity contribution in [1.82, 2.24) is 10.4 Å². The number of hydroxylamine groups is 2. The van der Waals surface area contributed by atoms with Crippen LogP contribution in [0.3, 0.4) is 0 Å². The molecule has 0 aliphatic carbocycles. The van der Waals surface area contributed by atoms with Crippen LogP contribution in [0, 0.1) is 0 Å². The van der Waals surface area contributed by atoms with Gasteiger partial charge in [-0.05, 0) is 17.5 Å². The number of rotatable bonds is 7. The molecule has 0 aromatic heterocycles. The first-order chi connectivity index (χ1) is 11.5. The van der Waals surface area contributed by atoms with Gasteiger partial charge >= 0.3 is 5.97 Å². The molecule has 0 bridgehead atoms. The van der Waals surface area contributed by atoms with E-state index in [2.05, 4.69) is 10.4 Å². The second-order valence-corrected chi connectivity index (χ2v) is 5.67. The minimum absolute atomic E-state index is 0.0608. The smallest absolute Gasteiger partial charge is 0.305 e. The largest absolute Gasteiger partial charge is 0.481 e. The Kier molecular flexibility index (Phi) is 6.28. The van der Waals surface area contributed by atoms with Crippen molar-refractivity contribution >= 4 is 18.1 Å². The van der Waals surface area contributed by atoms with E-state index in [9.17, 15) is 9.59 Å². The Labute approximate surface area is 140 Å². The number of nitrogens with zero attached hydrogens (tertiary/aromatic N) is 2. The number of hydrazone groups is 1. The highest BCUT2D eigenvalue weighted by atomic mass is 16.7. The van der Waals surface area contributed by atoms with Gasteiger partial charge in [0.25, 0.3) is 0 Å². The standard InChI is InChI=1S/C16H22N4O4/c1-20-14(12-4-2-11(3-5-12)10-19-17)8-13(24-20)9-15(21)18-7-6-16(22)23/h2-5,10,13-14H,6-9,17H2,1H3,(H,18,21)(H,22,23)/t13-,14+/m0/s1. The lowest BCUT2D eigenvalue weighted by atomic mass is 9.99. The molecule has 2 rings (SSSR count). The van der Waals surface area contributed by atoms with Crippen LogP contribution >= 0.6 is 0 Å². The number of carbonyl (C=O) groups is 2. The summed E-state index contributed by atoms with van der Waals surface area (Å²) in [6.45, 7) is 0.129. The predicted molar refractivity (Wildman–Crippen MR) is 88.1 cm³/mol. The molecule has 24 heavy (non-hydrogen) atoms. The SMILES string of the molecule is CN1O[C@H](CC(=O)NCCC(=O)O)C[C@@H]1c1ccc(C=NN)cc1. The average molecular weight is 334 g/mol. The van der Waals surface area contributed by atoms with Gasteiger partial charge in [-0.1, -0.05) is 24.3 Å². The van der Waals surface area contributed by atoms with Crippen molar-refractivity contribution in [2.24, 2.45) is 10.9 Å². The maximum absolute atomic E-state index is 11.8. The summed E-state index contributed by atoms with van der Waals surface area (Å²) < 4.78 is 0. The Balaban J connectivity index is 1.87. The Bertz CT molecular complexity index is 603. The fourth-order valence-electron chi connectivity index (χ4n) is 2.69. The summed E-state index contributed by atoms with van der Waals surface area (Å²) >= 11 is 0. The van der Waals surface area contributed by atoms with Crippen molar-refractivity contribution in [3.05, 3.63) is 35.4 Å². The summed E-state index contributed by atoms with van der Waals surface area (Å²) in [6, 6.07) is 7.87. The van der Waals surface area contributed by atoms with E-state index >= 15 is 0 Å². The second-order valence-electron chi connectivity index (χ2n) is 5.67. The highest BCUT2D eigenvalue weighted by Crippen LogP contribution is 2.33. The number of carboxylic acids is 1. The van der Waals surface area contributed by atoms with Crippen LogP contribution in [0.2, 0.25) is 0 Å². The number of carboxylic acid groups (broad SMARTS) is 1. The van der Waals surface area contributed by atoms with Crippen LogP contribution in [0.5, 0.6) is 0 Å². The molecule has 0 spiro atoms. The molecule has 1 amide bonds. The van der Waals surface area contributed by atoms with E-state index in [1.807, 2.05) is 31.3 Å². The number of hydrogen-bond donors (Lipinski definition) is 3. The number of aliphatic carboxylic acids is 1. The van der Waals surface area contributed by atoms with Crippen molar-refractivity contribution in [1.29, 1.82) is 0 Å². The zero-order valence-corrected chi connectivity index (χ0v) is 13.5. The van der Waals surface area contributed by atoms with E-state index in [-0.39, 0.29) is 37.4 Å². The molecule has 1 heterocycles. The third kappa shape index (κ3) is 5.04. The van der Waals surface area contributed by atoms with Gasteiger partial charge in [0.15, 0.2) is 0 Å². The number of carbonyl (C=O) groups excluding carboxylic acids is 1. The Morgan fingerprint density at radius 3 is 2.79 bits per heavy atom. The normalized spacial score (nSPS) is 21.2. The van der Waals surface area contributed by atoms with E-state index in [0.717, 1.165) is 11.1 Å². The van der Waals surface area contributed by atoms with Gasteiger partial charge in [-0.25, -0.2) is 0 Å². The Hall–Kier alpha value is -2.45. The Morgan fingerprint density at radius 1 is 1.46 bits per heavy atom. The molecule has 0 radical (unpaired) electrons. The molecule has 1 aliphatic heterocycles. The van der Waals surface area contributed by atoms with E-state index in [4.69, 9.17) is 15.8 Å². The lowest BCUT2D eigenvalue weighted by Crippen LogP contribution is -2.29. The predicted octanol–water partition coefficient (Wildman–Crippen LogP) is 0.637. The number of nitrogens with one attached hydrogen (secondary N) is 1. The van der Waals surface area contributed by atoms with E-state index in [1.165, 1.54) is 0 Å². The zero-order chi connectivity index (χ0) is 17.5. The fourth-order valence-corrected chi connectivity index (χ4v) is 2.69. The van der Waals surface area contributed by atoms with Gasteiger partial charge in [-0.2, -0.15) is 10.2 Å². The van der Waals surface area contributed by atoms with Crippen LogP contribution in [0.1, 0.15) is 36.4 Å². The minimum atomic E-state index is -0.935. The number of hydrogen-bond acceptors (Lipinski definition) is 6. The first kappa shape index (κ1) is 17.9. The number of amides is 1. The summed E-state index contributed by atoms with van der Waals surface area (Å²) in [6.07, 6.45) is 2.15.